The average molecular weight is 545 g/mol. The Bertz CT molecular complexity index is 1680. The molecule has 2 heterocycles. The van der Waals surface area contributed by atoms with Crippen LogP contribution in [-0.2, 0) is 12.4 Å². The van der Waals surface area contributed by atoms with Crippen LogP contribution < -0.4 is 10.6 Å². The third kappa shape index (κ3) is 4.68. The van der Waals surface area contributed by atoms with Gasteiger partial charge in [-0.2, -0.15) is 31.6 Å². The first-order chi connectivity index (χ1) is 18.0. The number of anilines is 4. The molecule has 2 aromatic heterocycles. The number of fused-ring (bicyclic) bond motifs is 3. The molecule has 192 valence electrons. The second-order valence-electron chi connectivity index (χ2n) is 8.38. The lowest BCUT2D eigenvalue weighted by Crippen LogP contribution is -2.11. The molecule has 0 atom stereocenters. The Balaban J connectivity index is 1.78. The van der Waals surface area contributed by atoms with Gasteiger partial charge in [0.2, 0.25) is 0 Å². The van der Waals surface area contributed by atoms with E-state index in [9.17, 15) is 31.6 Å². The third-order valence-corrected chi connectivity index (χ3v) is 6.15. The van der Waals surface area contributed by atoms with Gasteiger partial charge < -0.3 is 15.0 Å². The Morgan fingerprint density at radius 1 is 0.737 bits per heavy atom. The zero-order valence-electron chi connectivity index (χ0n) is 19.0. The second-order valence-corrected chi connectivity index (χ2v) is 8.82. The van der Waals surface area contributed by atoms with E-state index in [4.69, 9.17) is 11.6 Å². The minimum atomic E-state index is -5.03. The molecule has 0 bridgehead atoms. The lowest BCUT2D eigenvalue weighted by atomic mass is 10.1. The van der Waals surface area contributed by atoms with E-state index in [-0.39, 0.29) is 23.1 Å². The van der Waals surface area contributed by atoms with Crippen LogP contribution in [0.5, 0.6) is 0 Å². The predicted molar refractivity (Wildman–Crippen MR) is 134 cm³/mol. The van der Waals surface area contributed by atoms with Crippen molar-refractivity contribution in [3.05, 3.63) is 101 Å². The minimum absolute atomic E-state index is 0.00579. The molecule has 0 unspecified atom stereocenters. The number of benzene rings is 3. The topological polar surface area (TPSA) is 52.3 Å². The van der Waals surface area contributed by atoms with E-state index < -0.39 is 29.2 Å². The van der Waals surface area contributed by atoms with Gasteiger partial charge in [0, 0.05) is 28.0 Å². The van der Waals surface area contributed by atoms with Gasteiger partial charge >= 0.3 is 12.4 Å². The maximum atomic E-state index is 13.5. The maximum Gasteiger partial charge on any atom is 0.416 e. The van der Waals surface area contributed by atoms with E-state index in [1.807, 2.05) is 18.2 Å². The molecule has 0 fully saturated rings. The summed E-state index contributed by atoms with van der Waals surface area (Å²) in [4.78, 5) is 0. The summed E-state index contributed by atoms with van der Waals surface area (Å²) in [5.74, 6) is 0. The molecule has 0 aliphatic heterocycles. The molecule has 3 aromatic carbocycles. The highest BCUT2D eigenvalue weighted by molar-refractivity contribution is 6.30. The predicted octanol–water partition coefficient (Wildman–Crippen LogP) is 9.14. The number of nitriles is 1. The Labute approximate surface area is 216 Å². The lowest BCUT2D eigenvalue weighted by molar-refractivity contribution is -0.143. The standard InChI is InChI=1S/C27H15ClF6N4/c28-18-5-7-19(8-6-18)36-24-23(22(14-35)38-10-9-15-3-1-2-4-21(15)25(24)38)37-20-12-16(26(29,30)31)11-17(13-20)27(32,33)34/h1-13,36-37H. The number of hydrogen-bond donors (Lipinski definition) is 2. The van der Waals surface area contributed by atoms with Gasteiger partial charge in [-0.05, 0) is 53.9 Å². The van der Waals surface area contributed by atoms with E-state index in [1.54, 1.807) is 48.7 Å². The summed E-state index contributed by atoms with van der Waals surface area (Å²) in [6.07, 6.45) is -8.44. The number of alkyl halides is 6. The van der Waals surface area contributed by atoms with Crippen LogP contribution in [0.3, 0.4) is 0 Å². The molecule has 0 aliphatic carbocycles. The molecule has 2 N–H and O–H groups in total. The van der Waals surface area contributed by atoms with Crippen molar-refractivity contribution in [2.45, 2.75) is 12.4 Å². The van der Waals surface area contributed by atoms with Crippen molar-refractivity contribution in [1.29, 1.82) is 5.26 Å². The number of halogens is 7. The quantitative estimate of drug-likeness (QED) is 0.222. The minimum Gasteiger partial charge on any atom is -0.352 e. The van der Waals surface area contributed by atoms with Crippen molar-refractivity contribution in [1.82, 2.24) is 4.40 Å². The molecule has 5 rings (SSSR count). The maximum absolute atomic E-state index is 13.5. The Hall–Kier alpha value is -4.36. The van der Waals surface area contributed by atoms with Crippen molar-refractivity contribution in [3.63, 3.8) is 0 Å². The summed E-state index contributed by atoms with van der Waals surface area (Å²) in [7, 11) is 0. The van der Waals surface area contributed by atoms with Crippen LogP contribution in [0.2, 0.25) is 5.02 Å². The molecule has 0 radical (unpaired) electrons. The van der Waals surface area contributed by atoms with Crippen LogP contribution in [-0.4, -0.2) is 4.40 Å². The molecule has 4 nitrogen and oxygen atoms in total. The van der Waals surface area contributed by atoms with Crippen molar-refractivity contribution < 1.29 is 26.3 Å². The van der Waals surface area contributed by atoms with E-state index >= 15 is 0 Å². The van der Waals surface area contributed by atoms with E-state index in [1.165, 1.54) is 4.40 Å². The van der Waals surface area contributed by atoms with Gasteiger partial charge in [-0.25, -0.2) is 0 Å². The van der Waals surface area contributed by atoms with Gasteiger partial charge in [0.1, 0.15) is 11.8 Å². The fraction of sp³-hybridized carbons (Fsp3) is 0.0741. The van der Waals surface area contributed by atoms with E-state index in [2.05, 4.69) is 10.6 Å². The molecule has 5 aromatic rings. The van der Waals surface area contributed by atoms with Crippen molar-refractivity contribution in [2.75, 3.05) is 10.6 Å². The molecule has 0 aliphatic rings. The summed E-state index contributed by atoms with van der Waals surface area (Å²) >= 11 is 5.99. The van der Waals surface area contributed by atoms with Crippen LogP contribution in [0.1, 0.15) is 16.8 Å². The highest BCUT2D eigenvalue weighted by atomic mass is 35.5. The Kier molecular flexibility index (Phi) is 6.12. The lowest BCUT2D eigenvalue weighted by Gasteiger charge is -2.16. The summed E-state index contributed by atoms with van der Waals surface area (Å²) in [6, 6.07) is 18.7. The monoisotopic (exact) mass is 544 g/mol. The number of nitrogens with zero attached hydrogens (tertiary/aromatic N) is 2. The Morgan fingerprint density at radius 3 is 1.95 bits per heavy atom. The molecule has 0 spiro atoms. The van der Waals surface area contributed by atoms with Gasteiger partial charge in [-0.15, -0.1) is 0 Å². The van der Waals surface area contributed by atoms with Gasteiger partial charge in [-0.1, -0.05) is 35.9 Å². The SMILES string of the molecule is N#Cc1c(Nc2cc(C(F)(F)F)cc(C(F)(F)F)c2)c(Nc2ccc(Cl)cc2)c2c3ccccc3ccn12. The molecule has 0 saturated carbocycles. The highest BCUT2D eigenvalue weighted by Crippen LogP contribution is 2.43. The first-order valence-corrected chi connectivity index (χ1v) is 11.4. The average Bonchev–Trinajstić information content (AvgIpc) is 3.16. The molecular weight excluding hydrogens is 530 g/mol. The van der Waals surface area contributed by atoms with Crippen LogP contribution >= 0.6 is 11.6 Å². The smallest absolute Gasteiger partial charge is 0.352 e. The number of pyridine rings is 1. The largest absolute Gasteiger partial charge is 0.416 e. The molecule has 0 saturated heterocycles. The first-order valence-electron chi connectivity index (χ1n) is 11.0. The van der Waals surface area contributed by atoms with E-state index in [0.717, 1.165) is 5.39 Å². The van der Waals surface area contributed by atoms with Crippen LogP contribution in [0.15, 0.2) is 79.0 Å². The van der Waals surface area contributed by atoms with Crippen molar-refractivity contribution in [3.8, 4) is 6.07 Å². The van der Waals surface area contributed by atoms with Crippen LogP contribution in [0.4, 0.5) is 49.1 Å². The second kappa shape index (κ2) is 9.19. The normalized spacial score (nSPS) is 12.1. The van der Waals surface area contributed by atoms with Crippen LogP contribution in [0, 0.1) is 11.3 Å². The zero-order chi connectivity index (χ0) is 27.2. The highest BCUT2D eigenvalue weighted by Gasteiger charge is 2.37. The molecule has 38 heavy (non-hydrogen) atoms. The fourth-order valence-electron chi connectivity index (χ4n) is 4.22. The molecule has 11 heteroatoms. The number of aromatic nitrogens is 1. The Morgan fingerprint density at radius 2 is 1.34 bits per heavy atom. The fourth-order valence-corrected chi connectivity index (χ4v) is 4.34. The van der Waals surface area contributed by atoms with Crippen molar-refractivity contribution in [2.24, 2.45) is 0 Å². The van der Waals surface area contributed by atoms with Gasteiger partial charge in [0.15, 0.2) is 5.69 Å². The molecule has 0 amide bonds. The van der Waals surface area contributed by atoms with Gasteiger partial charge in [0.25, 0.3) is 0 Å². The number of rotatable bonds is 4. The summed E-state index contributed by atoms with van der Waals surface area (Å²) < 4.78 is 82.5. The summed E-state index contributed by atoms with van der Waals surface area (Å²) in [5, 5.41) is 17.8. The summed E-state index contributed by atoms with van der Waals surface area (Å²) in [5.41, 5.74) is -2.14. The van der Waals surface area contributed by atoms with Crippen LogP contribution in [0.25, 0.3) is 16.3 Å². The van der Waals surface area contributed by atoms with E-state index in [0.29, 0.717) is 33.7 Å². The molecular formula is C27H15ClF6N4. The van der Waals surface area contributed by atoms with Gasteiger partial charge in [0.05, 0.1) is 22.3 Å². The summed E-state index contributed by atoms with van der Waals surface area (Å²) in [6.45, 7) is 0. The zero-order valence-corrected chi connectivity index (χ0v) is 19.8. The first kappa shape index (κ1) is 25.3. The van der Waals surface area contributed by atoms with Gasteiger partial charge in [-0.3, -0.25) is 0 Å². The number of nitrogens with one attached hydrogen (secondary N) is 2. The number of hydrogen-bond acceptors (Lipinski definition) is 3. The van der Waals surface area contributed by atoms with Crippen molar-refractivity contribution >= 4 is 50.6 Å². The third-order valence-electron chi connectivity index (χ3n) is 5.90.